The van der Waals surface area contributed by atoms with Crippen molar-refractivity contribution in [3.63, 3.8) is 0 Å². The largest absolute Gasteiger partial charge is 0.395 e. The van der Waals surface area contributed by atoms with E-state index in [1.54, 1.807) is 24.3 Å². The number of alkyl halides is 2. The zero-order valence-corrected chi connectivity index (χ0v) is 21.6. The second-order valence-corrected chi connectivity index (χ2v) is 9.58. The smallest absolute Gasteiger partial charge is 0.123 e. The maximum atomic E-state index is 12.9. The molecule has 2 aliphatic heterocycles. The van der Waals surface area contributed by atoms with Crippen molar-refractivity contribution in [3.05, 3.63) is 71.3 Å². The van der Waals surface area contributed by atoms with Crippen LogP contribution in [0.4, 0.5) is 8.78 Å². The molecule has 6 nitrogen and oxygen atoms in total. The highest BCUT2D eigenvalue weighted by atomic mass is 35.5. The van der Waals surface area contributed by atoms with Gasteiger partial charge in [0.25, 0.3) is 0 Å². The zero-order valence-electron chi connectivity index (χ0n) is 20.1. The Balaban J connectivity index is 0.000000201. The fourth-order valence-electron chi connectivity index (χ4n) is 4.36. The van der Waals surface area contributed by atoms with E-state index < -0.39 is 0 Å². The van der Waals surface area contributed by atoms with Crippen molar-refractivity contribution in [1.82, 2.24) is 9.80 Å². The lowest BCUT2D eigenvalue weighted by Crippen LogP contribution is -2.54. The van der Waals surface area contributed by atoms with Gasteiger partial charge in [0.1, 0.15) is 11.6 Å². The Hall–Kier alpha value is -1.36. The average Bonchev–Trinajstić information content (AvgIpc) is 2.91. The van der Waals surface area contributed by atoms with Gasteiger partial charge in [-0.05, 0) is 35.4 Å². The van der Waals surface area contributed by atoms with Crippen molar-refractivity contribution in [2.24, 2.45) is 0 Å². The van der Waals surface area contributed by atoms with Crippen LogP contribution in [0.2, 0.25) is 0 Å². The van der Waals surface area contributed by atoms with Gasteiger partial charge in [-0.25, -0.2) is 8.78 Å². The number of morpholine rings is 2. The molecule has 0 bridgehead atoms. The van der Waals surface area contributed by atoms with E-state index in [2.05, 4.69) is 4.90 Å². The summed E-state index contributed by atoms with van der Waals surface area (Å²) in [6.07, 6.45) is 0. The van der Waals surface area contributed by atoms with E-state index in [9.17, 15) is 19.0 Å². The van der Waals surface area contributed by atoms with E-state index in [0.29, 0.717) is 44.7 Å². The van der Waals surface area contributed by atoms with E-state index in [4.69, 9.17) is 32.7 Å². The summed E-state index contributed by atoms with van der Waals surface area (Å²) < 4.78 is 36.5. The van der Waals surface area contributed by atoms with Crippen LogP contribution < -0.4 is 0 Å². The van der Waals surface area contributed by atoms with Crippen LogP contribution in [0.25, 0.3) is 0 Å². The molecular formula is C26H34Cl2F2N2O4. The van der Waals surface area contributed by atoms with E-state index in [1.165, 1.54) is 24.3 Å². The highest BCUT2D eigenvalue weighted by molar-refractivity contribution is 6.18. The lowest BCUT2D eigenvalue weighted by atomic mass is 10.1. The average molecular weight is 547 g/mol. The predicted octanol–water partition coefficient (Wildman–Crippen LogP) is 3.25. The Bertz CT molecular complexity index is 797. The van der Waals surface area contributed by atoms with Crippen LogP contribution in [0.5, 0.6) is 0 Å². The summed E-state index contributed by atoms with van der Waals surface area (Å²) in [6, 6.07) is 12.9. The monoisotopic (exact) mass is 546 g/mol. The fourth-order valence-corrected chi connectivity index (χ4v) is 4.89. The first-order chi connectivity index (χ1) is 17.5. The maximum Gasteiger partial charge on any atom is 0.123 e. The third-order valence-electron chi connectivity index (χ3n) is 6.45. The minimum absolute atomic E-state index is 0.0162. The van der Waals surface area contributed by atoms with Gasteiger partial charge in [-0.1, -0.05) is 24.3 Å². The number of hydrogen-bond donors (Lipinski definition) is 2. The van der Waals surface area contributed by atoms with Crippen LogP contribution in [-0.4, -0.2) is 95.6 Å². The molecule has 0 spiro atoms. The molecule has 2 aromatic rings. The Morgan fingerprint density at radius 1 is 0.639 bits per heavy atom. The van der Waals surface area contributed by atoms with E-state index >= 15 is 0 Å². The van der Waals surface area contributed by atoms with Crippen molar-refractivity contribution in [3.8, 4) is 0 Å². The second kappa shape index (κ2) is 15.1. The van der Waals surface area contributed by atoms with Gasteiger partial charge in [-0.2, -0.15) is 0 Å². The number of rotatable bonds is 8. The topological polar surface area (TPSA) is 65.4 Å². The number of aliphatic hydroxyl groups is 2. The zero-order chi connectivity index (χ0) is 25.9. The van der Waals surface area contributed by atoms with Gasteiger partial charge < -0.3 is 19.7 Å². The van der Waals surface area contributed by atoms with Crippen LogP contribution in [0.1, 0.15) is 11.1 Å². The van der Waals surface area contributed by atoms with Gasteiger partial charge in [-0.15, -0.1) is 23.2 Å². The van der Waals surface area contributed by atoms with Gasteiger partial charge in [0.05, 0.1) is 51.7 Å². The number of hydrogen-bond acceptors (Lipinski definition) is 6. The van der Waals surface area contributed by atoms with E-state index in [1.807, 2.05) is 4.90 Å². The third-order valence-corrected chi connectivity index (χ3v) is 7.16. The van der Waals surface area contributed by atoms with Crippen molar-refractivity contribution in [1.29, 1.82) is 0 Å². The summed E-state index contributed by atoms with van der Waals surface area (Å²) in [5, 5.41) is 18.7. The van der Waals surface area contributed by atoms with Crippen molar-refractivity contribution < 1.29 is 28.5 Å². The van der Waals surface area contributed by atoms with Crippen LogP contribution in [0.3, 0.4) is 0 Å². The Kier molecular flexibility index (Phi) is 12.3. The van der Waals surface area contributed by atoms with Crippen molar-refractivity contribution in [2.75, 3.05) is 51.4 Å². The molecule has 2 aromatic carbocycles. The van der Waals surface area contributed by atoms with Gasteiger partial charge >= 0.3 is 0 Å². The molecule has 200 valence electrons. The summed E-state index contributed by atoms with van der Waals surface area (Å²) in [7, 11) is 0. The van der Waals surface area contributed by atoms with E-state index in [-0.39, 0.29) is 49.0 Å². The molecular weight excluding hydrogens is 513 g/mol. The minimum atomic E-state index is -0.266. The summed E-state index contributed by atoms with van der Waals surface area (Å²) in [5.41, 5.74) is 2.01. The molecule has 0 saturated carbocycles. The van der Waals surface area contributed by atoms with Crippen LogP contribution in [0, 0.1) is 11.6 Å². The summed E-state index contributed by atoms with van der Waals surface area (Å²) in [5.74, 6) is 0.532. The molecule has 10 heteroatoms. The highest BCUT2D eigenvalue weighted by Gasteiger charge is 2.31. The van der Waals surface area contributed by atoms with Crippen LogP contribution in [0.15, 0.2) is 48.5 Å². The van der Waals surface area contributed by atoms with E-state index in [0.717, 1.165) is 17.7 Å². The molecule has 2 aliphatic rings. The Morgan fingerprint density at radius 3 is 1.31 bits per heavy atom. The quantitative estimate of drug-likeness (QED) is 0.495. The molecule has 4 unspecified atom stereocenters. The fraction of sp³-hybridized carbons (Fsp3) is 0.538. The lowest BCUT2D eigenvalue weighted by molar-refractivity contribution is -0.0829. The number of ether oxygens (including phenoxy) is 2. The lowest BCUT2D eigenvalue weighted by Gasteiger charge is -2.40. The molecule has 2 saturated heterocycles. The number of benzene rings is 2. The molecule has 0 amide bonds. The van der Waals surface area contributed by atoms with Crippen LogP contribution in [-0.2, 0) is 22.6 Å². The van der Waals surface area contributed by atoms with Gasteiger partial charge in [0.2, 0.25) is 0 Å². The van der Waals surface area contributed by atoms with Gasteiger partial charge in [0, 0.05) is 36.9 Å². The normalized spacial score (nSPS) is 25.3. The Morgan fingerprint density at radius 2 is 0.972 bits per heavy atom. The number of aliphatic hydroxyl groups excluding tert-OH is 2. The highest BCUT2D eigenvalue weighted by Crippen LogP contribution is 2.20. The van der Waals surface area contributed by atoms with Gasteiger partial charge in [-0.3, -0.25) is 9.80 Å². The number of nitrogens with zero attached hydrogens (tertiary/aromatic N) is 2. The summed E-state index contributed by atoms with van der Waals surface area (Å²) >= 11 is 11.9. The molecule has 0 aliphatic carbocycles. The second-order valence-electron chi connectivity index (χ2n) is 8.96. The van der Waals surface area contributed by atoms with Crippen molar-refractivity contribution >= 4 is 23.2 Å². The first-order valence-electron chi connectivity index (χ1n) is 12.0. The first-order valence-corrected chi connectivity index (χ1v) is 13.0. The molecule has 2 N–H and O–H groups in total. The summed E-state index contributed by atoms with van der Waals surface area (Å²) in [4.78, 5) is 4.26. The Labute approximate surface area is 221 Å². The summed E-state index contributed by atoms with van der Waals surface area (Å²) in [6.45, 7) is 3.41. The predicted molar refractivity (Wildman–Crippen MR) is 136 cm³/mol. The van der Waals surface area contributed by atoms with Crippen molar-refractivity contribution in [2.45, 2.75) is 37.3 Å². The number of halogens is 4. The minimum Gasteiger partial charge on any atom is -0.395 e. The molecule has 36 heavy (non-hydrogen) atoms. The maximum absolute atomic E-state index is 12.9. The van der Waals surface area contributed by atoms with Crippen LogP contribution >= 0.6 is 23.2 Å². The van der Waals surface area contributed by atoms with Gasteiger partial charge in [0.15, 0.2) is 0 Å². The standard InChI is InChI=1S/C13H16Cl2FNO.C13H18FNO3/c14-5-12-8-18-9-13(6-15)17(12)7-10-1-3-11(16)4-2-10;14-11-3-1-10(2-4-11)5-15-12(6-16)8-18-9-13(15)7-17/h1-4,12-13H,5-9H2;1-4,12-13,16-17H,5-9H2. The molecule has 0 radical (unpaired) electrons. The molecule has 4 atom stereocenters. The molecule has 2 heterocycles. The molecule has 2 fully saturated rings. The third kappa shape index (κ3) is 8.33. The SMILES string of the molecule is Fc1ccc(CN2C(CCl)COCC2CCl)cc1.OCC1COCC(CO)N1Cc1ccc(F)cc1. The molecule has 4 rings (SSSR count). The first kappa shape index (κ1) is 29.2. The molecule has 0 aromatic heterocycles.